The molecule has 0 aliphatic carbocycles. The topological polar surface area (TPSA) is 67.7 Å². The van der Waals surface area contributed by atoms with Crippen molar-refractivity contribution in [1.29, 1.82) is 0 Å². The number of thioether (sulfide) groups is 1. The number of benzene rings is 3. The summed E-state index contributed by atoms with van der Waals surface area (Å²) in [6, 6.07) is 18.2. The number of alkyl halides is 3. The number of ether oxygens (including phenoxy) is 1. The molecule has 48 heavy (non-hydrogen) atoms. The monoisotopic (exact) mass is 684 g/mol. The molecule has 0 bridgehead atoms. The molecule has 1 amide bonds. The highest BCUT2D eigenvalue weighted by molar-refractivity contribution is 7.98. The Morgan fingerprint density at radius 2 is 1.50 bits per heavy atom. The van der Waals surface area contributed by atoms with E-state index in [4.69, 9.17) is 4.74 Å². The zero-order chi connectivity index (χ0) is 34.7. The predicted molar refractivity (Wildman–Crippen MR) is 181 cm³/mol. The number of likely N-dealkylation sites (N-methyl/N-ethyl adjacent to an activating group) is 1. The molecule has 7 nitrogen and oxygen atoms in total. The standard InChI is InChI=1S/C36H40F4N4O3S/c1-4-27-23-44(35(41-34(27)46)48-25-26-7-15-31(37)16-8-26)24-33(45)43(20-19-42(5-2)6-3)21-22-47-32-17-11-29(12-18-32)28-9-13-30(14-10-28)36(38,39)40/h7-18,23H,4-6,19-22,24-25H2,1-3H3. The van der Waals surface area contributed by atoms with E-state index in [0.29, 0.717) is 53.8 Å². The van der Waals surface area contributed by atoms with E-state index < -0.39 is 11.7 Å². The number of rotatable bonds is 16. The van der Waals surface area contributed by atoms with E-state index in [0.717, 1.165) is 36.3 Å². The van der Waals surface area contributed by atoms with Crippen molar-refractivity contribution < 1.29 is 27.1 Å². The number of amides is 1. The summed E-state index contributed by atoms with van der Waals surface area (Å²) in [6.07, 6.45) is -2.23. The van der Waals surface area contributed by atoms with Gasteiger partial charge in [-0.1, -0.05) is 68.9 Å². The van der Waals surface area contributed by atoms with Crippen LogP contribution in [0.3, 0.4) is 0 Å². The van der Waals surface area contributed by atoms with Crippen molar-refractivity contribution in [3.63, 3.8) is 0 Å². The van der Waals surface area contributed by atoms with Crippen molar-refractivity contribution in [3.05, 3.63) is 112 Å². The van der Waals surface area contributed by atoms with Crippen LogP contribution in [0.25, 0.3) is 11.1 Å². The third-order valence-electron chi connectivity index (χ3n) is 7.96. The van der Waals surface area contributed by atoms with E-state index in [1.54, 1.807) is 52.1 Å². The number of aryl methyl sites for hydroxylation is 1. The number of halogens is 4. The molecular weight excluding hydrogens is 644 g/mol. The van der Waals surface area contributed by atoms with Crippen LogP contribution in [0.4, 0.5) is 17.6 Å². The first-order valence-electron chi connectivity index (χ1n) is 15.9. The predicted octanol–water partition coefficient (Wildman–Crippen LogP) is 7.17. The summed E-state index contributed by atoms with van der Waals surface area (Å²) in [5, 5.41) is 0.406. The fourth-order valence-electron chi connectivity index (χ4n) is 5.00. The molecule has 256 valence electrons. The van der Waals surface area contributed by atoms with Gasteiger partial charge in [0, 0.05) is 30.6 Å². The van der Waals surface area contributed by atoms with Crippen LogP contribution in [0.2, 0.25) is 0 Å². The molecule has 1 heterocycles. The average Bonchev–Trinajstić information content (AvgIpc) is 3.08. The van der Waals surface area contributed by atoms with Gasteiger partial charge >= 0.3 is 6.18 Å². The number of carbonyl (C=O) groups excluding carboxylic acids is 1. The van der Waals surface area contributed by atoms with Gasteiger partial charge in [0.1, 0.15) is 24.7 Å². The Labute approximate surface area is 282 Å². The molecule has 1 aromatic heterocycles. The Morgan fingerprint density at radius 3 is 2.08 bits per heavy atom. The number of aromatic nitrogens is 2. The lowest BCUT2D eigenvalue weighted by atomic mass is 10.0. The average molecular weight is 685 g/mol. The third kappa shape index (κ3) is 10.4. The van der Waals surface area contributed by atoms with Crippen LogP contribution in [0, 0.1) is 5.82 Å². The Kier molecular flexibility index (Phi) is 13.2. The summed E-state index contributed by atoms with van der Waals surface area (Å²) in [4.78, 5) is 34.7. The van der Waals surface area contributed by atoms with E-state index in [9.17, 15) is 27.2 Å². The van der Waals surface area contributed by atoms with Crippen molar-refractivity contribution in [1.82, 2.24) is 19.4 Å². The second-order valence-corrected chi connectivity index (χ2v) is 12.0. The molecule has 0 radical (unpaired) electrons. The van der Waals surface area contributed by atoms with Crippen LogP contribution in [0.1, 0.15) is 37.5 Å². The summed E-state index contributed by atoms with van der Waals surface area (Å²) in [7, 11) is 0. The molecule has 0 spiro atoms. The Bertz CT molecular complexity index is 1670. The van der Waals surface area contributed by atoms with E-state index in [2.05, 4.69) is 23.7 Å². The SMILES string of the molecule is CCc1cn(CC(=O)N(CCOc2ccc(-c3ccc(C(F)(F)F)cc3)cc2)CCN(CC)CC)c(SCc2ccc(F)cc2)nc1=O. The Hall–Kier alpha value is -4.16. The minimum atomic E-state index is -4.39. The van der Waals surface area contributed by atoms with E-state index in [1.807, 2.05) is 6.92 Å². The molecule has 0 aliphatic heterocycles. The van der Waals surface area contributed by atoms with Crippen molar-refractivity contribution in [3.8, 4) is 16.9 Å². The van der Waals surface area contributed by atoms with Gasteiger partial charge < -0.3 is 19.1 Å². The molecule has 4 aromatic rings. The summed E-state index contributed by atoms with van der Waals surface area (Å²) in [5.74, 6) is 0.530. The second-order valence-electron chi connectivity index (χ2n) is 11.1. The van der Waals surface area contributed by atoms with E-state index >= 15 is 0 Å². The molecule has 0 saturated carbocycles. The molecule has 0 atom stereocenters. The van der Waals surface area contributed by atoms with Crippen LogP contribution >= 0.6 is 11.8 Å². The van der Waals surface area contributed by atoms with Gasteiger partial charge in [0.05, 0.1) is 12.1 Å². The van der Waals surface area contributed by atoms with Crippen molar-refractivity contribution in [2.24, 2.45) is 0 Å². The highest BCUT2D eigenvalue weighted by atomic mass is 32.2. The molecule has 0 unspecified atom stereocenters. The number of nitrogens with zero attached hydrogens (tertiary/aromatic N) is 4. The molecule has 4 rings (SSSR count). The first-order chi connectivity index (χ1) is 23.0. The van der Waals surface area contributed by atoms with Crippen molar-refractivity contribution in [2.75, 3.05) is 39.3 Å². The van der Waals surface area contributed by atoms with Gasteiger partial charge in [-0.25, -0.2) is 4.39 Å². The Morgan fingerprint density at radius 1 is 0.875 bits per heavy atom. The molecule has 0 aliphatic rings. The van der Waals surface area contributed by atoms with Crippen LogP contribution in [-0.4, -0.2) is 64.6 Å². The van der Waals surface area contributed by atoms with E-state index in [-0.39, 0.29) is 30.4 Å². The van der Waals surface area contributed by atoms with Crippen LogP contribution in [-0.2, 0) is 29.7 Å². The van der Waals surface area contributed by atoms with Crippen LogP contribution in [0.5, 0.6) is 5.75 Å². The fraction of sp³-hybridized carbons (Fsp3) is 0.361. The lowest BCUT2D eigenvalue weighted by molar-refractivity contribution is -0.137. The molecular formula is C36H40F4N4O3S. The zero-order valence-electron chi connectivity index (χ0n) is 27.3. The van der Waals surface area contributed by atoms with Gasteiger partial charge in [0.2, 0.25) is 5.91 Å². The normalized spacial score (nSPS) is 11.6. The van der Waals surface area contributed by atoms with Gasteiger partial charge in [0.25, 0.3) is 5.56 Å². The first kappa shape index (κ1) is 36.7. The van der Waals surface area contributed by atoms with Gasteiger partial charge in [-0.15, -0.1) is 0 Å². The van der Waals surface area contributed by atoms with Gasteiger partial charge in [-0.2, -0.15) is 18.2 Å². The lowest BCUT2D eigenvalue weighted by Crippen LogP contribution is -2.42. The molecule has 3 aromatic carbocycles. The maximum absolute atomic E-state index is 13.8. The van der Waals surface area contributed by atoms with E-state index in [1.165, 1.54) is 36.0 Å². The largest absolute Gasteiger partial charge is 0.492 e. The number of carbonyl (C=O) groups is 1. The summed E-state index contributed by atoms with van der Waals surface area (Å²) in [6.45, 7) is 9.34. The minimum absolute atomic E-state index is 0.0217. The number of hydrogen-bond donors (Lipinski definition) is 0. The molecule has 12 heteroatoms. The zero-order valence-corrected chi connectivity index (χ0v) is 28.1. The highest BCUT2D eigenvalue weighted by Crippen LogP contribution is 2.31. The Balaban J connectivity index is 1.44. The summed E-state index contributed by atoms with van der Waals surface area (Å²) in [5.41, 5.74) is 1.74. The summed E-state index contributed by atoms with van der Waals surface area (Å²) >= 11 is 1.31. The fourth-order valence-corrected chi connectivity index (χ4v) is 5.92. The highest BCUT2D eigenvalue weighted by Gasteiger charge is 2.30. The van der Waals surface area contributed by atoms with Crippen LogP contribution in [0.15, 0.2) is 88.9 Å². The van der Waals surface area contributed by atoms with Crippen molar-refractivity contribution >= 4 is 17.7 Å². The first-order valence-corrected chi connectivity index (χ1v) is 16.9. The van der Waals surface area contributed by atoms with Gasteiger partial charge in [-0.05, 0) is 72.6 Å². The summed E-state index contributed by atoms with van der Waals surface area (Å²) < 4.78 is 59.9. The maximum Gasteiger partial charge on any atom is 0.416 e. The van der Waals surface area contributed by atoms with Gasteiger partial charge in [-0.3, -0.25) is 9.59 Å². The second kappa shape index (κ2) is 17.3. The van der Waals surface area contributed by atoms with Crippen LogP contribution < -0.4 is 10.3 Å². The minimum Gasteiger partial charge on any atom is -0.492 e. The lowest BCUT2D eigenvalue weighted by Gasteiger charge is -2.27. The smallest absolute Gasteiger partial charge is 0.416 e. The number of hydrogen-bond acceptors (Lipinski definition) is 6. The molecule has 0 N–H and O–H groups in total. The van der Waals surface area contributed by atoms with Gasteiger partial charge in [0.15, 0.2) is 5.16 Å². The quantitative estimate of drug-likeness (QED) is 0.0709. The van der Waals surface area contributed by atoms with Crippen molar-refractivity contribution in [2.45, 2.75) is 50.8 Å². The maximum atomic E-state index is 13.8. The molecule has 0 saturated heterocycles. The third-order valence-corrected chi connectivity index (χ3v) is 9.02. The molecule has 0 fully saturated rings.